The van der Waals surface area contributed by atoms with E-state index in [0.717, 1.165) is 43.9 Å². The van der Waals surface area contributed by atoms with E-state index in [-0.39, 0.29) is 11.7 Å². The first kappa shape index (κ1) is 21.3. The SMILES string of the molecule is CCn1c2ccccc2c2cc(NC(=O)CN3CCC(Nc4ccc(O)cc4)CC3)ccc21. The number of para-hydroxylation sites is 1. The highest BCUT2D eigenvalue weighted by atomic mass is 16.3. The summed E-state index contributed by atoms with van der Waals surface area (Å²) in [4.78, 5) is 15.0. The van der Waals surface area contributed by atoms with Crippen LogP contribution in [0.2, 0.25) is 0 Å². The smallest absolute Gasteiger partial charge is 0.238 e. The summed E-state index contributed by atoms with van der Waals surface area (Å²) in [6.45, 7) is 5.23. The number of carbonyl (C=O) groups is 1. The van der Waals surface area contributed by atoms with Gasteiger partial charge in [0.15, 0.2) is 0 Å². The first-order valence-corrected chi connectivity index (χ1v) is 11.7. The molecule has 0 aliphatic carbocycles. The number of anilines is 2. The first-order valence-electron chi connectivity index (χ1n) is 11.7. The van der Waals surface area contributed by atoms with Crippen molar-refractivity contribution in [1.29, 1.82) is 0 Å². The summed E-state index contributed by atoms with van der Waals surface area (Å²) >= 11 is 0. The number of fused-ring (bicyclic) bond motifs is 3. The number of hydrogen-bond acceptors (Lipinski definition) is 4. The Morgan fingerprint density at radius 3 is 2.39 bits per heavy atom. The van der Waals surface area contributed by atoms with Crippen molar-refractivity contribution in [3.8, 4) is 5.75 Å². The van der Waals surface area contributed by atoms with Gasteiger partial charge in [0.05, 0.1) is 6.54 Å². The van der Waals surface area contributed by atoms with Crippen molar-refractivity contribution in [3.05, 3.63) is 66.7 Å². The van der Waals surface area contributed by atoms with E-state index in [1.54, 1.807) is 12.1 Å². The molecular weight excluding hydrogens is 412 g/mol. The fraction of sp³-hybridized carbons (Fsp3) is 0.296. The van der Waals surface area contributed by atoms with E-state index >= 15 is 0 Å². The minimum Gasteiger partial charge on any atom is -0.508 e. The van der Waals surface area contributed by atoms with E-state index < -0.39 is 0 Å². The Kier molecular flexibility index (Phi) is 5.92. The summed E-state index contributed by atoms with van der Waals surface area (Å²) in [6.07, 6.45) is 1.97. The Labute approximate surface area is 193 Å². The van der Waals surface area contributed by atoms with Crippen LogP contribution in [0, 0.1) is 0 Å². The van der Waals surface area contributed by atoms with E-state index in [1.807, 2.05) is 18.2 Å². The molecule has 0 saturated carbocycles. The number of aryl methyl sites for hydroxylation is 1. The van der Waals surface area contributed by atoms with E-state index in [4.69, 9.17) is 0 Å². The third-order valence-corrected chi connectivity index (χ3v) is 6.57. The van der Waals surface area contributed by atoms with Gasteiger partial charge in [0.1, 0.15) is 5.75 Å². The van der Waals surface area contributed by atoms with Gasteiger partial charge in [-0.15, -0.1) is 0 Å². The minimum absolute atomic E-state index is 0.0264. The van der Waals surface area contributed by atoms with E-state index in [2.05, 4.69) is 63.4 Å². The van der Waals surface area contributed by atoms with Crippen molar-refractivity contribution in [1.82, 2.24) is 9.47 Å². The molecule has 1 aromatic heterocycles. The van der Waals surface area contributed by atoms with E-state index in [1.165, 1.54) is 21.8 Å². The number of aromatic nitrogens is 1. The first-order chi connectivity index (χ1) is 16.1. The maximum absolute atomic E-state index is 12.7. The molecule has 3 N–H and O–H groups in total. The molecule has 170 valence electrons. The van der Waals surface area contributed by atoms with Gasteiger partial charge >= 0.3 is 0 Å². The van der Waals surface area contributed by atoms with Gasteiger partial charge in [-0.25, -0.2) is 0 Å². The normalized spacial score (nSPS) is 15.2. The van der Waals surface area contributed by atoms with Crippen LogP contribution < -0.4 is 10.6 Å². The van der Waals surface area contributed by atoms with Gasteiger partial charge in [-0.2, -0.15) is 0 Å². The molecular formula is C27H30N4O2. The molecule has 2 heterocycles. The second-order valence-electron chi connectivity index (χ2n) is 8.78. The number of aromatic hydroxyl groups is 1. The van der Waals surface area contributed by atoms with Crippen molar-refractivity contribution in [3.63, 3.8) is 0 Å². The van der Waals surface area contributed by atoms with Gasteiger partial charge in [-0.05, 0) is 68.3 Å². The van der Waals surface area contributed by atoms with Crippen LogP contribution in [-0.2, 0) is 11.3 Å². The Morgan fingerprint density at radius 2 is 1.64 bits per heavy atom. The highest BCUT2D eigenvalue weighted by Gasteiger charge is 2.21. The predicted molar refractivity (Wildman–Crippen MR) is 135 cm³/mol. The number of phenols is 1. The topological polar surface area (TPSA) is 69.5 Å². The third kappa shape index (κ3) is 4.52. The van der Waals surface area contributed by atoms with Crippen molar-refractivity contribution in [2.24, 2.45) is 0 Å². The van der Waals surface area contributed by atoms with Crippen LogP contribution in [0.1, 0.15) is 19.8 Å². The maximum atomic E-state index is 12.7. The number of nitrogens with one attached hydrogen (secondary N) is 2. The number of piperidine rings is 1. The largest absolute Gasteiger partial charge is 0.508 e. The van der Waals surface area contributed by atoms with Crippen molar-refractivity contribution in [2.45, 2.75) is 32.4 Å². The minimum atomic E-state index is 0.0264. The molecule has 1 amide bonds. The number of likely N-dealkylation sites (tertiary alicyclic amines) is 1. The Hall–Kier alpha value is -3.51. The van der Waals surface area contributed by atoms with Crippen LogP contribution in [0.4, 0.5) is 11.4 Å². The zero-order valence-corrected chi connectivity index (χ0v) is 18.9. The van der Waals surface area contributed by atoms with Crippen LogP contribution in [0.3, 0.4) is 0 Å². The van der Waals surface area contributed by atoms with E-state index in [0.29, 0.717) is 12.6 Å². The third-order valence-electron chi connectivity index (χ3n) is 6.57. The van der Waals surface area contributed by atoms with Gasteiger partial charge in [0.2, 0.25) is 5.91 Å². The van der Waals surface area contributed by atoms with Crippen molar-refractivity contribution < 1.29 is 9.90 Å². The molecule has 0 unspecified atom stereocenters. The number of nitrogens with zero attached hydrogens (tertiary/aromatic N) is 2. The lowest BCUT2D eigenvalue weighted by molar-refractivity contribution is -0.117. The average Bonchev–Trinajstić information content (AvgIpc) is 3.15. The number of phenolic OH excluding ortho intramolecular Hbond substituents is 1. The maximum Gasteiger partial charge on any atom is 0.238 e. The van der Waals surface area contributed by atoms with Crippen LogP contribution in [0.25, 0.3) is 21.8 Å². The molecule has 5 rings (SSSR count). The van der Waals surface area contributed by atoms with E-state index in [9.17, 15) is 9.90 Å². The number of carbonyl (C=O) groups excluding carboxylic acids is 1. The lowest BCUT2D eigenvalue weighted by Gasteiger charge is -2.32. The number of amides is 1. The molecule has 6 nitrogen and oxygen atoms in total. The molecule has 0 spiro atoms. The van der Waals surface area contributed by atoms with Crippen LogP contribution in [0.15, 0.2) is 66.7 Å². The highest BCUT2D eigenvalue weighted by molar-refractivity contribution is 6.09. The van der Waals surface area contributed by atoms with Gasteiger partial charge in [0, 0.05) is 58.9 Å². The fourth-order valence-corrected chi connectivity index (χ4v) is 4.90. The highest BCUT2D eigenvalue weighted by Crippen LogP contribution is 2.31. The fourth-order valence-electron chi connectivity index (χ4n) is 4.90. The summed E-state index contributed by atoms with van der Waals surface area (Å²) in [5.41, 5.74) is 4.28. The van der Waals surface area contributed by atoms with Crippen LogP contribution >= 0.6 is 0 Å². The Morgan fingerprint density at radius 1 is 0.939 bits per heavy atom. The molecule has 0 atom stereocenters. The van der Waals surface area contributed by atoms with Crippen LogP contribution in [-0.4, -0.2) is 46.2 Å². The molecule has 33 heavy (non-hydrogen) atoms. The van der Waals surface area contributed by atoms with Gasteiger partial charge in [0.25, 0.3) is 0 Å². The number of benzene rings is 3. The summed E-state index contributed by atoms with van der Waals surface area (Å²) in [7, 11) is 0. The lowest BCUT2D eigenvalue weighted by Crippen LogP contribution is -2.42. The molecule has 1 aliphatic heterocycles. The van der Waals surface area contributed by atoms with Crippen molar-refractivity contribution >= 4 is 39.1 Å². The molecule has 1 aliphatic rings. The quantitative estimate of drug-likeness (QED) is 0.366. The van der Waals surface area contributed by atoms with Crippen LogP contribution in [0.5, 0.6) is 5.75 Å². The molecule has 1 fully saturated rings. The Bertz CT molecular complexity index is 1270. The second kappa shape index (κ2) is 9.16. The molecule has 1 saturated heterocycles. The second-order valence-corrected chi connectivity index (χ2v) is 8.78. The predicted octanol–water partition coefficient (Wildman–Crippen LogP) is 5.04. The van der Waals surface area contributed by atoms with Gasteiger partial charge in [-0.3, -0.25) is 9.69 Å². The molecule has 0 bridgehead atoms. The summed E-state index contributed by atoms with van der Waals surface area (Å²) < 4.78 is 2.31. The molecule has 6 heteroatoms. The zero-order valence-electron chi connectivity index (χ0n) is 18.9. The Balaban J connectivity index is 1.19. The zero-order chi connectivity index (χ0) is 22.8. The van der Waals surface area contributed by atoms with Gasteiger partial charge < -0.3 is 20.3 Å². The monoisotopic (exact) mass is 442 g/mol. The number of rotatable bonds is 6. The molecule has 3 aromatic carbocycles. The molecule has 4 aromatic rings. The standard InChI is InChI=1S/C27H30N4O2/c1-2-31-25-6-4-3-5-23(25)24-17-21(9-12-26(24)31)29-27(33)18-30-15-13-20(14-16-30)28-19-7-10-22(32)11-8-19/h3-12,17,20,28,32H,2,13-16,18H2,1H3,(H,29,33). The average molecular weight is 443 g/mol. The van der Waals surface area contributed by atoms with Crippen molar-refractivity contribution in [2.75, 3.05) is 30.3 Å². The summed E-state index contributed by atoms with van der Waals surface area (Å²) in [5.74, 6) is 0.301. The lowest BCUT2D eigenvalue weighted by atomic mass is 10.0. The summed E-state index contributed by atoms with van der Waals surface area (Å²) in [6, 6.07) is 22.2. The summed E-state index contributed by atoms with van der Waals surface area (Å²) in [5, 5.41) is 18.4. The molecule has 0 radical (unpaired) electrons. The number of hydrogen-bond donors (Lipinski definition) is 3. The van der Waals surface area contributed by atoms with Gasteiger partial charge in [-0.1, -0.05) is 18.2 Å².